The van der Waals surface area contributed by atoms with Crippen molar-refractivity contribution in [2.24, 2.45) is 0 Å². The predicted octanol–water partition coefficient (Wildman–Crippen LogP) is 4.73. The molecule has 2 aromatic carbocycles. The van der Waals surface area contributed by atoms with Gasteiger partial charge < -0.3 is 5.32 Å². The molecule has 2 nitrogen and oxygen atoms in total. The Morgan fingerprint density at radius 2 is 1.76 bits per heavy atom. The second kappa shape index (κ2) is 10.5. The van der Waals surface area contributed by atoms with Gasteiger partial charge in [0.15, 0.2) is 0 Å². The Hall–Kier alpha value is -1.46. The zero-order valence-corrected chi connectivity index (χ0v) is 16.3. The molecule has 0 aliphatic carbocycles. The van der Waals surface area contributed by atoms with Gasteiger partial charge in [-0.3, -0.25) is 4.79 Å². The van der Waals surface area contributed by atoms with Crippen LogP contribution in [0.25, 0.3) is 0 Å². The van der Waals surface area contributed by atoms with Crippen LogP contribution in [0.1, 0.15) is 22.3 Å². The Morgan fingerprint density at radius 1 is 1.04 bits per heavy atom. The van der Waals surface area contributed by atoms with Gasteiger partial charge >= 0.3 is 0 Å². The highest BCUT2D eigenvalue weighted by Crippen LogP contribution is 2.16. The highest BCUT2D eigenvalue weighted by molar-refractivity contribution is 7.99. The predicted molar refractivity (Wildman–Crippen MR) is 108 cm³/mol. The van der Waals surface area contributed by atoms with Gasteiger partial charge in [0, 0.05) is 23.8 Å². The van der Waals surface area contributed by atoms with Crippen molar-refractivity contribution in [3.8, 4) is 0 Å². The number of amides is 1. The minimum Gasteiger partial charge on any atom is -0.355 e. The fourth-order valence-corrected chi connectivity index (χ4v) is 4.16. The minimum atomic E-state index is -0.165. The molecule has 134 valence electrons. The standard InChI is InChI=1S/C20H24FNOS2/c1-15-9-16(2)11-17(10-15)12-25-14-20(23)22-7-8-24-13-18-5-3-4-6-19(18)21/h3-6,9-11H,7-8,12-14H2,1-2H3,(H,22,23). The van der Waals surface area contributed by atoms with Crippen molar-refractivity contribution in [1.82, 2.24) is 5.32 Å². The van der Waals surface area contributed by atoms with E-state index in [9.17, 15) is 9.18 Å². The van der Waals surface area contributed by atoms with Crippen molar-refractivity contribution >= 4 is 29.4 Å². The van der Waals surface area contributed by atoms with Gasteiger partial charge in [0.05, 0.1) is 5.75 Å². The van der Waals surface area contributed by atoms with E-state index in [1.807, 2.05) is 6.07 Å². The fourth-order valence-electron chi connectivity index (χ4n) is 2.53. The molecule has 25 heavy (non-hydrogen) atoms. The van der Waals surface area contributed by atoms with Crippen molar-refractivity contribution in [2.75, 3.05) is 18.1 Å². The molecule has 0 aromatic heterocycles. The molecular formula is C20H24FNOS2. The fraction of sp³-hybridized carbons (Fsp3) is 0.350. The maximum absolute atomic E-state index is 13.5. The van der Waals surface area contributed by atoms with Crippen LogP contribution in [0.4, 0.5) is 4.39 Å². The summed E-state index contributed by atoms with van der Waals surface area (Å²) in [5.41, 5.74) is 4.48. The summed E-state index contributed by atoms with van der Waals surface area (Å²) in [6.07, 6.45) is 0. The number of rotatable bonds is 9. The summed E-state index contributed by atoms with van der Waals surface area (Å²) in [6, 6.07) is 13.3. The smallest absolute Gasteiger partial charge is 0.230 e. The maximum Gasteiger partial charge on any atom is 0.230 e. The third-order valence-corrected chi connectivity index (χ3v) is 5.58. The molecule has 0 fully saturated rings. The molecule has 0 unspecified atom stereocenters. The van der Waals surface area contributed by atoms with Gasteiger partial charge in [-0.25, -0.2) is 4.39 Å². The molecule has 0 radical (unpaired) electrons. The summed E-state index contributed by atoms with van der Waals surface area (Å²) >= 11 is 3.25. The van der Waals surface area contributed by atoms with Crippen LogP contribution in [0.2, 0.25) is 0 Å². The van der Waals surface area contributed by atoms with Crippen molar-refractivity contribution in [1.29, 1.82) is 0 Å². The summed E-state index contributed by atoms with van der Waals surface area (Å²) < 4.78 is 13.5. The van der Waals surface area contributed by atoms with Crippen LogP contribution < -0.4 is 5.32 Å². The molecule has 0 aliphatic rings. The molecule has 1 N–H and O–H groups in total. The van der Waals surface area contributed by atoms with E-state index in [0.717, 1.165) is 11.5 Å². The summed E-state index contributed by atoms with van der Waals surface area (Å²) in [6.45, 7) is 4.79. The first kappa shape index (κ1) is 19.9. The van der Waals surface area contributed by atoms with Crippen molar-refractivity contribution in [3.63, 3.8) is 0 Å². The molecule has 0 atom stereocenters. The summed E-state index contributed by atoms with van der Waals surface area (Å²) in [5, 5.41) is 2.92. The van der Waals surface area contributed by atoms with Gasteiger partial charge in [0.1, 0.15) is 5.82 Å². The first-order valence-electron chi connectivity index (χ1n) is 8.27. The van der Waals surface area contributed by atoms with Gasteiger partial charge in [-0.05, 0) is 31.0 Å². The van der Waals surface area contributed by atoms with Crippen LogP contribution in [0, 0.1) is 19.7 Å². The highest BCUT2D eigenvalue weighted by Gasteiger charge is 2.04. The zero-order valence-electron chi connectivity index (χ0n) is 14.7. The van der Waals surface area contributed by atoms with E-state index in [-0.39, 0.29) is 11.7 Å². The molecule has 2 rings (SSSR count). The number of carbonyl (C=O) groups is 1. The van der Waals surface area contributed by atoms with E-state index in [1.165, 1.54) is 22.8 Å². The van der Waals surface area contributed by atoms with Crippen LogP contribution in [0.15, 0.2) is 42.5 Å². The summed E-state index contributed by atoms with van der Waals surface area (Å²) in [4.78, 5) is 11.9. The third-order valence-electron chi connectivity index (χ3n) is 3.57. The Labute approximate surface area is 158 Å². The SMILES string of the molecule is Cc1cc(C)cc(CSCC(=O)NCCSCc2ccccc2F)c1. The molecule has 0 aliphatic heterocycles. The Bertz CT molecular complexity index is 686. The third kappa shape index (κ3) is 7.53. The lowest BCUT2D eigenvalue weighted by Crippen LogP contribution is -2.27. The maximum atomic E-state index is 13.5. The van der Waals surface area contributed by atoms with Crippen LogP contribution in [0.5, 0.6) is 0 Å². The number of thioether (sulfide) groups is 2. The Morgan fingerprint density at radius 3 is 2.48 bits per heavy atom. The van der Waals surface area contributed by atoms with E-state index < -0.39 is 0 Å². The zero-order chi connectivity index (χ0) is 18.1. The number of carbonyl (C=O) groups excluding carboxylic acids is 1. The number of nitrogens with one attached hydrogen (secondary N) is 1. The van der Waals surface area contributed by atoms with Gasteiger partial charge in [-0.2, -0.15) is 11.8 Å². The molecule has 0 heterocycles. The lowest BCUT2D eigenvalue weighted by molar-refractivity contribution is -0.118. The molecule has 5 heteroatoms. The number of hydrogen-bond acceptors (Lipinski definition) is 3. The largest absolute Gasteiger partial charge is 0.355 e. The Kier molecular flexibility index (Phi) is 8.35. The monoisotopic (exact) mass is 377 g/mol. The number of aryl methyl sites for hydroxylation is 2. The second-order valence-electron chi connectivity index (χ2n) is 5.98. The summed E-state index contributed by atoms with van der Waals surface area (Å²) in [5.74, 6) is 2.61. The van der Waals surface area contributed by atoms with Crippen LogP contribution in [-0.4, -0.2) is 24.0 Å². The van der Waals surface area contributed by atoms with E-state index >= 15 is 0 Å². The topological polar surface area (TPSA) is 29.1 Å². The average molecular weight is 378 g/mol. The number of benzene rings is 2. The van der Waals surface area contributed by atoms with Crippen LogP contribution in [-0.2, 0) is 16.3 Å². The molecule has 0 saturated heterocycles. The normalized spacial score (nSPS) is 10.7. The minimum absolute atomic E-state index is 0.0564. The van der Waals surface area contributed by atoms with Gasteiger partial charge in [-0.1, -0.05) is 47.5 Å². The first-order chi connectivity index (χ1) is 12.0. The average Bonchev–Trinajstić information content (AvgIpc) is 2.55. The molecule has 0 bridgehead atoms. The van der Waals surface area contributed by atoms with Gasteiger partial charge in [0.25, 0.3) is 0 Å². The molecule has 0 saturated carbocycles. The first-order valence-corrected chi connectivity index (χ1v) is 10.6. The molecule has 2 aromatic rings. The van der Waals surface area contributed by atoms with E-state index in [4.69, 9.17) is 0 Å². The van der Waals surface area contributed by atoms with E-state index in [1.54, 1.807) is 35.7 Å². The number of halogens is 1. The van der Waals surface area contributed by atoms with E-state index in [0.29, 0.717) is 23.6 Å². The Balaban J connectivity index is 1.57. The van der Waals surface area contributed by atoms with E-state index in [2.05, 4.69) is 37.4 Å². The number of hydrogen-bond donors (Lipinski definition) is 1. The second-order valence-corrected chi connectivity index (χ2v) is 8.07. The van der Waals surface area contributed by atoms with Crippen LogP contribution >= 0.6 is 23.5 Å². The molecular weight excluding hydrogens is 353 g/mol. The van der Waals surface area contributed by atoms with Crippen LogP contribution in [0.3, 0.4) is 0 Å². The summed E-state index contributed by atoms with van der Waals surface area (Å²) in [7, 11) is 0. The highest BCUT2D eigenvalue weighted by atomic mass is 32.2. The molecule has 1 amide bonds. The quantitative estimate of drug-likeness (QED) is 0.641. The van der Waals surface area contributed by atoms with Gasteiger partial charge in [-0.15, -0.1) is 11.8 Å². The lowest BCUT2D eigenvalue weighted by atomic mass is 10.1. The lowest BCUT2D eigenvalue weighted by Gasteiger charge is -2.07. The van der Waals surface area contributed by atoms with Gasteiger partial charge in [0.2, 0.25) is 5.91 Å². The van der Waals surface area contributed by atoms with Crippen molar-refractivity contribution in [2.45, 2.75) is 25.4 Å². The van der Waals surface area contributed by atoms with Crippen molar-refractivity contribution < 1.29 is 9.18 Å². The molecule has 0 spiro atoms. The van der Waals surface area contributed by atoms with Crippen molar-refractivity contribution in [3.05, 3.63) is 70.5 Å².